The molecule has 7 heteroatoms. The minimum Gasteiger partial charge on any atom is -0.507 e. The van der Waals surface area contributed by atoms with Crippen molar-refractivity contribution in [2.75, 3.05) is 13.2 Å². The molecular formula is C29H39NO6. The first-order valence-corrected chi connectivity index (χ1v) is 12.3. The van der Waals surface area contributed by atoms with Gasteiger partial charge in [-0.15, -0.1) is 0 Å². The van der Waals surface area contributed by atoms with Gasteiger partial charge in [-0.1, -0.05) is 71.9 Å². The molecule has 0 atom stereocenters. The van der Waals surface area contributed by atoms with Crippen molar-refractivity contribution in [3.63, 3.8) is 0 Å². The first-order chi connectivity index (χ1) is 16.7. The zero-order valence-corrected chi connectivity index (χ0v) is 22.7. The third-order valence-electron chi connectivity index (χ3n) is 5.87. The number of nitrogens with one attached hydrogen (secondary N) is 1. The Morgan fingerprint density at radius 3 is 1.64 bits per heavy atom. The molecule has 0 aromatic heterocycles. The van der Waals surface area contributed by atoms with Gasteiger partial charge >= 0.3 is 11.9 Å². The van der Waals surface area contributed by atoms with Crippen LogP contribution in [0.5, 0.6) is 5.75 Å². The van der Waals surface area contributed by atoms with Gasteiger partial charge in [0.15, 0.2) is 0 Å². The van der Waals surface area contributed by atoms with Crippen molar-refractivity contribution in [3.05, 3.63) is 64.7 Å². The summed E-state index contributed by atoms with van der Waals surface area (Å²) >= 11 is 0. The van der Waals surface area contributed by atoms with Crippen molar-refractivity contribution in [2.24, 2.45) is 0 Å². The van der Waals surface area contributed by atoms with E-state index in [4.69, 9.17) is 9.47 Å². The summed E-state index contributed by atoms with van der Waals surface area (Å²) in [5.74, 6) is -2.25. The van der Waals surface area contributed by atoms with Crippen LogP contribution in [0.25, 0.3) is 0 Å². The number of amides is 1. The van der Waals surface area contributed by atoms with E-state index in [1.165, 1.54) is 0 Å². The van der Waals surface area contributed by atoms with Gasteiger partial charge in [-0.05, 0) is 53.5 Å². The van der Waals surface area contributed by atoms with E-state index >= 15 is 0 Å². The molecule has 7 nitrogen and oxygen atoms in total. The van der Waals surface area contributed by atoms with E-state index in [2.05, 4.69) is 5.32 Å². The lowest BCUT2D eigenvalue weighted by Gasteiger charge is -2.32. The molecule has 0 aliphatic heterocycles. The second kappa shape index (κ2) is 11.1. The topological polar surface area (TPSA) is 102 Å². The molecule has 0 fully saturated rings. The van der Waals surface area contributed by atoms with E-state index in [9.17, 15) is 19.5 Å². The van der Waals surface area contributed by atoms with Gasteiger partial charge in [0.2, 0.25) is 5.54 Å². The highest BCUT2D eigenvalue weighted by atomic mass is 16.6. The van der Waals surface area contributed by atoms with E-state index in [0.717, 1.165) is 0 Å². The Morgan fingerprint density at radius 2 is 1.25 bits per heavy atom. The summed E-state index contributed by atoms with van der Waals surface area (Å²) in [6.45, 7) is 15.1. The van der Waals surface area contributed by atoms with Crippen LogP contribution in [0.1, 0.15) is 82.4 Å². The quantitative estimate of drug-likeness (QED) is 0.400. The second-order valence-electron chi connectivity index (χ2n) is 10.9. The molecule has 0 heterocycles. The van der Waals surface area contributed by atoms with Gasteiger partial charge in [-0.2, -0.15) is 0 Å². The summed E-state index contributed by atoms with van der Waals surface area (Å²) in [5.41, 5.74) is -0.778. The number of carbonyl (C=O) groups is 3. The third-order valence-corrected chi connectivity index (χ3v) is 5.87. The van der Waals surface area contributed by atoms with Crippen LogP contribution in [0.2, 0.25) is 0 Å². The van der Waals surface area contributed by atoms with Crippen LogP contribution in [0.4, 0.5) is 0 Å². The summed E-state index contributed by atoms with van der Waals surface area (Å²) in [4.78, 5) is 40.0. The molecule has 2 aromatic carbocycles. The van der Waals surface area contributed by atoms with Crippen LogP contribution < -0.4 is 5.32 Å². The van der Waals surface area contributed by atoms with Crippen molar-refractivity contribution >= 4 is 17.8 Å². The molecule has 0 saturated carbocycles. The molecule has 0 bridgehead atoms. The average molecular weight is 498 g/mol. The fourth-order valence-corrected chi connectivity index (χ4v) is 3.98. The Kier molecular flexibility index (Phi) is 8.94. The smallest absolute Gasteiger partial charge is 0.344 e. The fraction of sp³-hybridized carbons (Fsp3) is 0.483. The molecular weight excluding hydrogens is 458 g/mol. The van der Waals surface area contributed by atoms with E-state index in [1.807, 2.05) is 41.5 Å². The molecule has 0 saturated heterocycles. The predicted molar refractivity (Wildman–Crippen MR) is 139 cm³/mol. The van der Waals surface area contributed by atoms with E-state index in [0.29, 0.717) is 16.7 Å². The maximum absolute atomic E-state index is 13.4. The van der Waals surface area contributed by atoms with Crippen LogP contribution in [0.3, 0.4) is 0 Å². The van der Waals surface area contributed by atoms with Crippen LogP contribution >= 0.6 is 0 Å². The van der Waals surface area contributed by atoms with Crippen molar-refractivity contribution in [1.82, 2.24) is 5.32 Å². The first-order valence-electron chi connectivity index (χ1n) is 12.3. The molecule has 0 spiro atoms. The molecule has 0 radical (unpaired) electrons. The molecule has 36 heavy (non-hydrogen) atoms. The molecule has 0 unspecified atom stereocenters. The van der Waals surface area contributed by atoms with E-state index in [1.54, 1.807) is 56.3 Å². The monoisotopic (exact) mass is 497 g/mol. The van der Waals surface area contributed by atoms with Crippen molar-refractivity contribution in [1.29, 1.82) is 0 Å². The minimum atomic E-state index is -2.12. The summed E-state index contributed by atoms with van der Waals surface area (Å²) in [5, 5.41) is 13.8. The van der Waals surface area contributed by atoms with E-state index in [-0.39, 0.29) is 30.9 Å². The molecule has 1 amide bonds. The average Bonchev–Trinajstić information content (AvgIpc) is 2.78. The number of hydrogen-bond acceptors (Lipinski definition) is 6. The van der Waals surface area contributed by atoms with Gasteiger partial charge in [0.05, 0.1) is 13.2 Å². The van der Waals surface area contributed by atoms with E-state index < -0.39 is 34.2 Å². The van der Waals surface area contributed by atoms with Crippen LogP contribution in [0.15, 0.2) is 42.5 Å². The third kappa shape index (κ3) is 6.45. The summed E-state index contributed by atoms with van der Waals surface area (Å²) in [6.07, 6.45) is -0.213. The van der Waals surface area contributed by atoms with Crippen molar-refractivity contribution < 1.29 is 29.0 Å². The lowest BCUT2D eigenvalue weighted by atomic mass is 9.77. The minimum absolute atomic E-state index is 0.0112. The van der Waals surface area contributed by atoms with Crippen molar-refractivity contribution in [3.8, 4) is 5.75 Å². The lowest BCUT2D eigenvalue weighted by molar-refractivity contribution is -0.165. The normalized spacial score (nSPS) is 12.1. The summed E-state index contributed by atoms with van der Waals surface area (Å²) in [7, 11) is 0. The zero-order chi connectivity index (χ0) is 27.3. The number of esters is 2. The number of rotatable bonds is 8. The van der Waals surface area contributed by atoms with Gasteiger partial charge in [0.25, 0.3) is 5.91 Å². The van der Waals surface area contributed by atoms with Gasteiger partial charge in [0.1, 0.15) is 5.75 Å². The standard InChI is InChI=1S/C29H39NO6/c1-9-35-25(33)29(26(34)36-10-2,30-24(32)20-14-12-11-13-15-20)18-19-16-21(27(3,4)5)23(31)22(17-19)28(6,7)8/h11-17,31H,9-10,18H2,1-8H3,(H,30,32). The van der Waals surface area contributed by atoms with Crippen LogP contribution in [-0.4, -0.2) is 41.7 Å². The SMILES string of the molecule is CCOC(=O)C(Cc1cc(C(C)(C)C)c(O)c(C(C)(C)C)c1)(NC(=O)c1ccccc1)C(=O)OCC. The summed E-state index contributed by atoms with van der Waals surface area (Å²) in [6, 6.07) is 11.9. The molecule has 0 aliphatic carbocycles. The second-order valence-corrected chi connectivity index (χ2v) is 10.9. The van der Waals surface area contributed by atoms with Crippen LogP contribution in [-0.2, 0) is 36.3 Å². The maximum atomic E-state index is 13.4. The van der Waals surface area contributed by atoms with Crippen molar-refractivity contribution in [2.45, 2.75) is 78.2 Å². The Morgan fingerprint density at radius 1 is 0.806 bits per heavy atom. The highest BCUT2D eigenvalue weighted by molar-refractivity contribution is 6.10. The number of benzene rings is 2. The highest BCUT2D eigenvalue weighted by Gasteiger charge is 2.51. The van der Waals surface area contributed by atoms with Crippen LogP contribution in [0, 0.1) is 0 Å². The Bertz CT molecular complexity index is 1040. The number of phenolic OH excluding ortho intramolecular Hbond substituents is 1. The summed E-state index contributed by atoms with van der Waals surface area (Å²) < 4.78 is 10.6. The van der Waals surface area contributed by atoms with Gasteiger partial charge in [0, 0.05) is 12.0 Å². The fourth-order valence-electron chi connectivity index (χ4n) is 3.98. The van der Waals surface area contributed by atoms with Gasteiger partial charge < -0.3 is 19.9 Å². The number of ether oxygens (including phenoxy) is 2. The number of carbonyl (C=O) groups excluding carboxylic acids is 3. The largest absolute Gasteiger partial charge is 0.507 e. The Labute approximate surface area is 214 Å². The molecule has 2 N–H and O–H groups in total. The first kappa shape index (κ1) is 28.9. The van der Waals surface area contributed by atoms with Gasteiger partial charge in [-0.3, -0.25) is 4.79 Å². The predicted octanol–water partition coefficient (Wildman–Crippen LogP) is 4.82. The zero-order valence-electron chi connectivity index (χ0n) is 22.7. The Balaban J connectivity index is 2.76. The number of hydrogen-bond donors (Lipinski definition) is 2. The maximum Gasteiger partial charge on any atom is 0.344 e. The van der Waals surface area contributed by atoms with Gasteiger partial charge in [-0.25, -0.2) is 9.59 Å². The highest BCUT2D eigenvalue weighted by Crippen LogP contribution is 2.40. The number of phenols is 1. The Hall–Kier alpha value is -3.35. The molecule has 0 aliphatic rings. The molecule has 2 rings (SSSR count). The lowest BCUT2D eigenvalue weighted by Crippen LogP contribution is -2.63. The molecule has 196 valence electrons. The molecule has 2 aromatic rings. The number of aromatic hydroxyl groups is 1.